The largest absolute Gasteiger partial charge is 0.274 e. The molecular formula is C11H15NS. The number of benzene rings is 1. The van der Waals surface area contributed by atoms with Crippen LogP contribution in [0.25, 0.3) is 0 Å². The SMILES string of the molecule is CC1(C)C[C@H]1c1ccc(SN)cc1. The molecule has 1 aromatic carbocycles. The van der Waals surface area contributed by atoms with E-state index in [0.717, 1.165) is 10.8 Å². The van der Waals surface area contributed by atoms with Crippen LogP contribution in [-0.2, 0) is 0 Å². The van der Waals surface area contributed by atoms with Gasteiger partial charge >= 0.3 is 0 Å². The van der Waals surface area contributed by atoms with Crippen molar-refractivity contribution in [3.05, 3.63) is 29.8 Å². The third-order valence-corrected chi connectivity index (χ3v) is 3.48. The molecule has 0 aliphatic heterocycles. The fourth-order valence-corrected chi connectivity index (χ4v) is 2.11. The molecule has 0 amide bonds. The highest BCUT2D eigenvalue weighted by molar-refractivity contribution is 7.97. The molecule has 70 valence electrons. The summed E-state index contributed by atoms with van der Waals surface area (Å²) in [6.45, 7) is 4.65. The highest BCUT2D eigenvalue weighted by atomic mass is 32.2. The van der Waals surface area contributed by atoms with Crippen LogP contribution in [0.2, 0.25) is 0 Å². The summed E-state index contributed by atoms with van der Waals surface area (Å²) in [4.78, 5) is 1.14. The molecule has 0 radical (unpaired) electrons. The Balaban J connectivity index is 2.16. The van der Waals surface area contributed by atoms with E-state index in [1.165, 1.54) is 23.9 Å². The van der Waals surface area contributed by atoms with Gasteiger partial charge in [-0.15, -0.1) is 0 Å². The van der Waals surface area contributed by atoms with Crippen molar-refractivity contribution in [3.63, 3.8) is 0 Å². The molecule has 1 aromatic rings. The van der Waals surface area contributed by atoms with Gasteiger partial charge in [0.05, 0.1) is 0 Å². The third kappa shape index (κ3) is 1.74. The Kier molecular flexibility index (Phi) is 2.12. The Morgan fingerprint density at radius 2 is 1.85 bits per heavy atom. The molecule has 1 fully saturated rings. The van der Waals surface area contributed by atoms with Crippen molar-refractivity contribution < 1.29 is 0 Å². The van der Waals surface area contributed by atoms with Gasteiger partial charge in [0.25, 0.3) is 0 Å². The van der Waals surface area contributed by atoms with Crippen LogP contribution in [-0.4, -0.2) is 0 Å². The Morgan fingerprint density at radius 1 is 1.31 bits per heavy atom. The predicted molar refractivity (Wildman–Crippen MR) is 57.6 cm³/mol. The molecule has 2 rings (SSSR count). The molecule has 0 spiro atoms. The van der Waals surface area contributed by atoms with E-state index in [1.807, 2.05) is 0 Å². The minimum absolute atomic E-state index is 0.525. The van der Waals surface area contributed by atoms with Crippen molar-refractivity contribution in [3.8, 4) is 0 Å². The molecule has 1 aliphatic carbocycles. The standard InChI is InChI=1S/C11H15NS/c1-11(2)7-10(11)8-3-5-9(13-12)6-4-8/h3-6,10H,7,12H2,1-2H3/t10-/m0/s1. The number of nitrogens with two attached hydrogens (primary N) is 1. The van der Waals surface area contributed by atoms with Gasteiger partial charge in [-0.2, -0.15) is 0 Å². The van der Waals surface area contributed by atoms with Crippen molar-refractivity contribution in [1.29, 1.82) is 0 Å². The van der Waals surface area contributed by atoms with E-state index in [9.17, 15) is 0 Å². The Labute approximate surface area is 83.8 Å². The van der Waals surface area contributed by atoms with Gasteiger partial charge in [0.1, 0.15) is 0 Å². The summed E-state index contributed by atoms with van der Waals surface area (Å²) >= 11 is 1.31. The van der Waals surface area contributed by atoms with E-state index >= 15 is 0 Å². The van der Waals surface area contributed by atoms with E-state index < -0.39 is 0 Å². The molecule has 2 heteroatoms. The van der Waals surface area contributed by atoms with Gasteiger partial charge in [0.2, 0.25) is 0 Å². The summed E-state index contributed by atoms with van der Waals surface area (Å²) in [5, 5.41) is 5.46. The third-order valence-electron chi connectivity index (χ3n) is 2.93. The van der Waals surface area contributed by atoms with Gasteiger partial charge in [-0.1, -0.05) is 26.0 Å². The van der Waals surface area contributed by atoms with Gasteiger partial charge in [0.15, 0.2) is 0 Å². The maximum absolute atomic E-state index is 5.46. The Morgan fingerprint density at radius 3 is 2.23 bits per heavy atom. The number of hydrogen-bond donors (Lipinski definition) is 1. The monoisotopic (exact) mass is 193 g/mol. The summed E-state index contributed by atoms with van der Waals surface area (Å²) < 4.78 is 0. The van der Waals surface area contributed by atoms with E-state index in [0.29, 0.717) is 5.41 Å². The quantitative estimate of drug-likeness (QED) is 0.730. The molecule has 0 bridgehead atoms. The second-order valence-corrected chi connectivity index (χ2v) is 5.14. The van der Waals surface area contributed by atoms with Crippen molar-refractivity contribution in [2.45, 2.75) is 31.1 Å². The molecule has 0 saturated heterocycles. The van der Waals surface area contributed by atoms with Gasteiger partial charge in [-0.25, -0.2) is 0 Å². The van der Waals surface area contributed by atoms with E-state index in [4.69, 9.17) is 5.14 Å². The fourth-order valence-electron chi connectivity index (χ4n) is 1.81. The van der Waals surface area contributed by atoms with Crippen LogP contribution in [0.1, 0.15) is 31.7 Å². The Bertz CT molecular complexity index is 302. The molecule has 0 aromatic heterocycles. The van der Waals surface area contributed by atoms with Gasteiger partial charge in [-0.05, 0) is 47.4 Å². The zero-order chi connectivity index (χ0) is 9.47. The summed E-state index contributed by atoms with van der Waals surface area (Å²) in [5.74, 6) is 0.768. The molecule has 1 aliphatic rings. The summed E-state index contributed by atoms with van der Waals surface area (Å²) in [6, 6.07) is 8.62. The first kappa shape index (κ1) is 9.10. The normalized spacial score (nSPS) is 24.4. The summed E-state index contributed by atoms with van der Waals surface area (Å²) in [5.41, 5.74) is 1.99. The van der Waals surface area contributed by atoms with Gasteiger partial charge in [-0.3, -0.25) is 5.14 Å². The lowest BCUT2D eigenvalue weighted by molar-refractivity contribution is 0.621. The highest BCUT2D eigenvalue weighted by Gasteiger charge is 2.46. The average Bonchev–Trinajstić information content (AvgIpc) is 2.76. The van der Waals surface area contributed by atoms with Crippen molar-refractivity contribution in [2.24, 2.45) is 10.6 Å². The van der Waals surface area contributed by atoms with E-state index in [1.54, 1.807) is 0 Å². The van der Waals surface area contributed by atoms with Crippen molar-refractivity contribution in [2.75, 3.05) is 0 Å². The lowest BCUT2D eigenvalue weighted by atomic mass is 10.0. The maximum atomic E-state index is 5.46. The first-order valence-electron chi connectivity index (χ1n) is 4.60. The van der Waals surface area contributed by atoms with Crippen molar-refractivity contribution >= 4 is 11.9 Å². The molecule has 0 unspecified atom stereocenters. The second-order valence-electron chi connectivity index (χ2n) is 4.43. The van der Waals surface area contributed by atoms with Crippen molar-refractivity contribution in [1.82, 2.24) is 0 Å². The molecule has 1 atom stereocenters. The topological polar surface area (TPSA) is 26.0 Å². The summed E-state index contributed by atoms with van der Waals surface area (Å²) in [7, 11) is 0. The first-order chi connectivity index (χ1) is 6.13. The molecule has 1 nitrogen and oxygen atoms in total. The molecule has 13 heavy (non-hydrogen) atoms. The van der Waals surface area contributed by atoms with Crippen LogP contribution in [0.15, 0.2) is 29.2 Å². The zero-order valence-electron chi connectivity index (χ0n) is 8.08. The van der Waals surface area contributed by atoms with Crippen LogP contribution in [0.5, 0.6) is 0 Å². The molecule has 2 N–H and O–H groups in total. The molecular weight excluding hydrogens is 178 g/mol. The zero-order valence-corrected chi connectivity index (χ0v) is 8.90. The first-order valence-corrected chi connectivity index (χ1v) is 5.48. The van der Waals surface area contributed by atoms with Crippen LogP contribution in [0.4, 0.5) is 0 Å². The Hall–Kier alpha value is -0.470. The average molecular weight is 193 g/mol. The highest BCUT2D eigenvalue weighted by Crippen LogP contribution is 2.58. The van der Waals surface area contributed by atoms with Crippen LogP contribution in [0, 0.1) is 5.41 Å². The van der Waals surface area contributed by atoms with E-state index in [-0.39, 0.29) is 0 Å². The smallest absolute Gasteiger partial charge is 0.0226 e. The van der Waals surface area contributed by atoms with Crippen LogP contribution >= 0.6 is 11.9 Å². The minimum Gasteiger partial charge on any atom is -0.274 e. The lowest BCUT2D eigenvalue weighted by Crippen LogP contribution is -1.89. The number of rotatable bonds is 2. The number of hydrogen-bond acceptors (Lipinski definition) is 2. The summed E-state index contributed by atoms with van der Waals surface area (Å²) in [6.07, 6.45) is 1.32. The second kappa shape index (κ2) is 3.03. The van der Waals surface area contributed by atoms with Gasteiger partial charge < -0.3 is 0 Å². The molecule has 0 heterocycles. The van der Waals surface area contributed by atoms with Crippen LogP contribution < -0.4 is 5.14 Å². The lowest BCUT2D eigenvalue weighted by Gasteiger charge is -2.03. The van der Waals surface area contributed by atoms with Gasteiger partial charge in [0, 0.05) is 4.90 Å². The predicted octanol–water partition coefficient (Wildman–Crippen LogP) is 3.17. The van der Waals surface area contributed by atoms with Crippen LogP contribution in [0.3, 0.4) is 0 Å². The molecule has 1 saturated carbocycles. The fraction of sp³-hybridized carbons (Fsp3) is 0.455. The maximum Gasteiger partial charge on any atom is 0.0226 e. The minimum atomic E-state index is 0.525. The van der Waals surface area contributed by atoms with E-state index in [2.05, 4.69) is 38.1 Å².